The second kappa shape index (κ2) is 8.04. The zero-order chi connectivity index (χ0) is 18.5. The highest BCUT2D eigenvalue weighted by Gasteiger charge is 2.21. The first-order valence-corrected chi connectivity index (χ1v) is 8.97. The van der Waals surface area contributed by atoms with E-state index in [2.05, 4.69) is 16.3 Å². The molecule has 0 aliphatic carbocycles. The van der Waals surface area contributed by atoms with E-state index in [0.717, 1.165) is 43.1 Å². The molecule has 5 heteroatoms. The third-order valence-electron chi connectivity index (χ3n) is 4.62. The van der Waals surface area contributed by atoms with Crippen molar-refractivity contribution < 1.29 is 9.59 Å². The van der Waals surface area contributed by atoms with Gasteiger partial charge in [-0.1, -0.05) is 29.8 Å². The molecule has 1 aliphatic rings. The molecule has 1 N–H and O–H groups in total. The van der Waals surface area contributed by atoms with E-state index >= 15 is 0 Å². The number of piperazine rings is 1. The van der Waals surface area contributed by atoms with Gasteiger partial charge in [-0.25, -0.2) is 0 Å². The minimum atomic E-state index is -0.0708. The van der Waals surface area contributed by atoms with Gasteiger partial charge in [-0.05, 0) is 36.8 Å². The number of benzene rings is 2. The first-order valence-electron chi connectivity index (χ1n) is 8.97. The maximum absolute atomic E-state index is 12.5. The maximum atomic E-state index is 12.5. The molecule has 1 aliphatic heterocycles. The third-order valence-corrected chi connectivity index (χ3v) is 4.62. The molecule has 5 nitrogen and oxygen atoms in total. The van der Waals surface area contributed by atoms with Gasteiger partial charge in [0.15, 0.2) is 0 Å². The van der Waals surface area contributed by atoms with Crippen LogP contribution in [0.25, 0.3) is 0 Å². The smallest absolute Gasteiger partial charge is 0.227 e. The molecule has 0 radical (unpaired) electrons. The zero-order valence-corrected chi connectivity index (χ0v) is 15.4. The highest BCUT2D eigenvalue weighted by Crippen LogP contribution is 2.20. The predicted octanol–water partition coefficient (Wildman–Crippen LogP) is 2.84. The van der Waals surface area contributed by atoms with Gasteiger partial charge in [0.2, 0.25) is 11.8 Å². The van der Waals surface area contributed by atoms with Crippen LogP contribution in [0.1, 0.15) is 18.1 Å². The van der Waals surface area contributed by atoms with E-state index in [9.17, 15) is 9.59 Å². The normalized spacial score (nSPS) is 14.2. The lowest BCUT2D eigenvalue weighted by Crippen LogP contribution is -2.49. The molecule has 1 fully saturated rings. The van der Waals surface area contributed by atoms with Crippen molar-refractivity contribution >= 4 is 23.2 Å². The fraction of sp³-hybridized carbons (Fsp3) is 0.333. The first-order chi connectivity index (χ1) is 12.5. The molecule has 1 heterocycles. The molecule has 0 saturated carbocycles. The Morgan fingerprint density at radius 3 is 2.31 bits per heavy atom. The van der Waals surface area contributed by atoms with Gasteiger partial charge < -0.3 is 15.1 Å². The van der Waals surface area contributed by atoms with Gasteiger partial charge in [-0.3, -0.25) is 9.59 Å². The summed E-state index contributed by atoms with van der Waals surface area (Å²) in [6.45, 7) is 6.65. The SMILES string of the molecule is CC(=O)Nc1ccc(N2CCN(C(=O)Cc3cccc(C)c3)CC2)cc1. The van der Waals surface area contributed by atoms with E-state index in [1.165, 1.54) is 12.5 Å². The Balaban J connectivity index is 1.53. The summed E-state index contributed by atoms with van der Waals surface area (Å²) >= 11 is 0. The minimum absolute atomic E-state index is 0.0708. The Kier molecular flexibility index (Phi) is 5.56. The number of hydrogen-bond acceptors (Lipinski definition) is 3. The number of nitrogens with one attached hydrogen (secondary N) is 1. The highest BCUT2D eigenvalue weighted by molar-refractivity contribution is 5.88. The first kappa shape index (κ1) is 18.0. The number of hydrogen-bond donors (Lipinski definition) is 1. The second-order valence-electron chi connectivity index (χ2n) is 6.76. The van der Waals surface area contributed by atoms with Gasteiger partial charge in [-0.15, -0.1) is 0 Å². The lowest BCUT2D eigenvalue weighted by molar-refractivity contribution is -0.130. The molecule has 0 unspecified atom stereocenters. The van der Waals surface area contributed by atoms with Crippen LogP contribution in [0.15, 0.2) is 48.5 Å². The molecule has 2 amide bonds. The lowest BCUT2D eigenvalue weighted by Gasteiger charge is -2.36. The average Bonchev–Trinajstić information content (AvgIpc) is 2.62. The van der Waals surface area contributed by atoms with Crippen LogP contribution in [0.5, 0.6) is 0 Å². The van der Waals surface area contributed by atoms with Gasteiger partial charge >= 0.3 is 0 Å². The minimum Gasteiger partial charge on any atom is -0.368 e. The topological polar surface area (TPSA) is 52.7 Å². The van der Waals surface area contributed by atoms with E-state index in [1.807, 2.05) is 54.3 Å². The molecule has 2 aromatic rings. The van der Waals surface area contributed by atoms with E-state index in [-0.39, 0.29) is 11.8 Å². The van der Waals surface area contributed by atoms with Gasteiger partial charge in [0, 0.05) is 44.5 Å². The molecule has 1 saturated heterocycles. The number of nitrogens with zero attached hydrogens (tertiary/aromatic N) is 2. The zero-order valence-electron chi connectivity index (χ0n) is 15.4. The Morgan fingerprint density at radius 2 is 1.69 bits per heavy atom. The van der Waals surface area contributed by atoms with Crippen LogP contribution in [0.3, 0.4) is 0 Å². The Hall–Kier alpha value is -2.82. The number of carbonyl (C=O) groups excluding carboxylic acids is 2. The number of aryl methyl sites for hydroxylation is 1. The molecule has 0 spiro atoms. The molecular weight excluding hydrogens is 326 g/mol. The van der Waals surface area contributed by atoms with Crippen LogP contribution in [0, 0.1) is 6.92 Å². The van der Waals surface area contributed by atoms with Crippen molar-refractivity contribution in [3.63, 3.8) is 0 Å². The lowest BCUT2D eigenvalue weighted by atomic mass is 10.1. The summed E-state index contributed by atoms with van der Waals surface area (Å²) in [5, 5.41) is 2.77. The van der Waals surface area contributed by atoms with Crippen LogP contribution in [-0.4, -0.2) is 42.9 Å². The molecule has 0 aromatic heterocycles. The summed E-state index contributed by atoms with van der Waals surface area (Å²) in [6, 6.07) is 16.0. The van der Waals surface area contributed by atoms with Crippen molar-refractivity contribution in [2.24, 2.45) is 0 Å². The predicted molar refractivity (Wildman–Crippen MR) is 104 cm³/mol. The van der Waals surface area contributed by atoms with Crippen molar-refractivity contribution in [2.75, 3.05) is 36.4 Å². The van der Waals surface area contributed by atoms with Crippen LogP contribution >= 0.6 is 0 Å². The van der Waals surface area contributed by atoms with Gasteiger partial charge in [-0.2, -0.15) is 0 Å². The molecule has 26 heavy (non-hydrogen) atoms. The summed E-state index contributed by atoms with van der Waals surface area (Å²) in [6.07, 6.45) is 0.465. The monoisotopic (exact) mass is 351 g/mol. The fourth-order valence-electron chi connectivity index (χ4n) is 3.28. The standard InChI is InChI=1S/C21H25N3O2/c1-16-4-3-5-18(14-16)15-21(26)24-12-10-23(11-13-24)20-8-6-19(7-9-20)22-17(2)25/h3-9,14H,10-13,15H2,1-2H3,(H,22,25). The number of carbonyl (C=O) groups is 2. The summed E-state index contributed by atoms with van der Waals surface area (Å²) < 4.78 is 0. The van der Waals surface area contributed by atoms with Gasteiger partial charge in [0.1, 0.15) is 0 Å². The van der Waals surface area contributed by atoms with Crippen molar-refractivity contribution in [3.05, 3.63) is 59.7 Å². The van der Waals surface area contributed by atoms with Crippen molar-refractivity contribution in [3.8, 4) is 0 Å². The molecule has 0 atom stereocenters. The number of amides is 2. The average molecular weight is 351 g/mol. The van der Waals surface area contributed by atoms with Crippen LogP contribution < -0.4 is 10.2 Å². The van der Waals surface area contributed by atoms with Crippen LogP contribution in [0.4, 0.5) is 11.4 Å². The second-order valence-corrected chi connectivity index (χ2v) is 6.76. The number of rotatable bonds is 4. The number of anilines is 2. The van der Waals surface area contributed by atoms with Crippen molar-refractivity contribution in [1.29, 1.82) is 0 Å². The maximum Gasteiger partial charge on any atom is 0.227 e. The Morgan fingerprint density at radius 1 is 1.00 bits per heavy atom. The molecule has 3 rings (SSSR count). The molecular formula is C21H25N3O2. The summed E-state index contributed by atoms with van der Waals surface area (Å²) in [5.74, 6) is 0.120. The van der Waals surface area contributed by atoms with Gasteiger partial charge in [0.05, 0.1) is 6.42 Å². The van der Waals surface area contributed by atoms with Crippen LogP contribution in [0.2, 0.25) is 0 Å². The molecule has 2 aromatic carbocycles. The Labute approximate surface area is 154 Å². The van der Waals surface area contributed by atoms with E-state index in [4.69, 9.17) is 0 Å². The summed E-state index contributed by atoms with van der Waals surface area (Å²) in [7, 11) is 0. The Bertz CT molecular complexity index is 778. The van der Waals surface area contributed by atoms with E-state index in [0.29, 0.717) is 6.42 Å². The van der Waals surface area contributed by atoms with Crippen LogP contribution in [-0.2, 0) is 16.0 Å². The highest BCUT2D eigenvalue weighted by atomic mass is 16.2. The summed E-state index contributed by atoms with van der Waals surface area (Å²) in [5.41, 5.74) is 4.17. The molecule has 136 valence electrons. The van der Waals surface area contributed by atoms with Gasteiger partial charge in [0.25, 0.3) is 0 Å². The van der Waals surface area contributed by atoms with Crippen molar-refractivity contribution in [1.82, 2.24) is 4.90 Å². The van der Waals surface area contributed by atoms with Crippen molar-refractivity contribution in [2.45, 2.75) is 20.3 Å². The fourth-order valence-corrected chi connectivity index (χ4v) is 3.28. The van der Waals surface area contributed by atoms with E-state index in [1.54, 1.807) is 0 Å². The third kappa shape index (κ3) is 4.63. The quantitative estimate of drug-likeness (QED) is 0.922. The van der Waals surface area contributed by atoms with E-state index < -0.39 is 0 Å². The molecule has 0 bridgehead atoms. The largest absolute Gasteiger partial charge is 0.368 e. The summed E-state index contributed by atoms with van der Waals surface area (Å²) in [4.78, 5) is 27.8.